The van der Waals surface area contributed by atoms with Gasteiger partial charge in [-0.15, -0.1) is 10.2 Å². The maximum atomic E-state index is 12.5. The molecule has 1 saturated carbocycles. The van der Waals surface area contributed by atoms with Gasteiger partial charge in [0.25, 0.3) is 0 Å². The molecular weight excluding hydrogens is 322 g/mol. The van der Waals surface area contributed by atoms with Crippen molar-refractivity contribution < 1.29 is 18.7 Å². The third-order valence-corrected chi connectivity index (χ3v) is 4.98. The molecule has 2 fully saturated rings. The Labute approximate surface area is 149 Å². The summed E-state index contributed by atoms with van der Waals surface area (Å²) in [6.07, 6.45) is 4.43. The highest BCUT2D eigenvalue weighted by molar-refractivity contribution is 5.77. The molecule has 1 aliphatic heterocycles. The van der Waals surface area contributed by atoms with Crippen LogP contribution in [-0.4, -0.2) is 53.4 Å². The van der Waals surface area contributed by atoms with Gasteiger partial charge in [0, 0.05) is 12.5 Å². The van der Waals surface area contributed by atoms with Gasteiger partial charge >= 0.3 is 0 Å². The van der Waals surface area contributed by atoms with Gasteiger partial charge in [0.2, 0.25) is 17.7 Å². The summed E-state index contributed by atoms with van der Waals surface area (Å²) in [5.74, 6) is 1.92. The van der Waals surface area contributed by atoms with Gasteiger partial charge in [-0.25, -0.2) is 0 Å². The van der Waals surface area contributed by atoms with E-state index >= 15 is 0 Å². The number of morpholine rings is 1. The lowest BCUT2D eigenvalue weighted by atomic mass is 9.89. The van der Waals surface area contributed by atoms with Crippen molar-refractivity contribution in [2.45, 2.75) is 64.6 Å². The third-order valence-electron chi connectivity index (χ3n) is 4.98. The molecule has 25 heavy (non-hydrogen) atoms. The van der Waals surface area contributed by atoms with E-state index in [9.17, 15) is 4.79 Å². The molecule has 2 heterocycles. The highest BCUT2D eigenvalue weighted by atomic mass is 16.5. The van der Waals surface area contributed by atoms with Crippen molar-refractivity contribution in [1.82, 2.24) is 15.1 Å². The van der Waals surface area contributed by atoms with Crippen LogP contribution in [0.25, 0.3) is 0 Å². The molecule has 1 saturated heterocycles. The summed E-state index contributed by atoms with van der Waals surface area (Å²) in [4.78, 5) is 14.3. The normalized spacial score (nSPS) is 27.7. The lowest BCUT2D eigenvalue weighted by Gasteiger charge is -2.32. The van der Waals surface area contributed by atoms with Gasteiger partial charge in [0.15, 0.2) is 6.10 Å². The molecule has 0 radical (unpaired) electrons. The van der Waals surface area contributed by atoms with Crippen LogP contribution >= 0.6 is 0 Å². The maximum absolute atomic E-state index is 12.5. The van der Waals surface area contributed by atoms with E-state index in [4.69, 9.17) is 13.9 Å². The molecule has 0 unspecified atom stereocenters. The number of hydrogen-bond donors (Lipinski definition) is 0. The number of aromatic nitrogens is 2. The highest BCUT2D eigenvalue weighted by Crippen LogP contribution is 2.26. The number of carbonyl (C=O) groups is 1. The molecular formula is C18H29N3O4. The van der Waals surface area contributed by atoms with Crippen molar-refractivity contribution >= 4 is 5.91 Å². The van der Waals surface area contributed by atoms with E-state index in [1.165, 1.54) is 12.8 Å². The molecule has 140 valence electrons. The Bertz CT molecular complexity index is 574. The Balaban J connectivity index is 1.50. The second-order valence-electron chi connectivity index (χ2n) is 7.54. The summed E-state index contributed by atoms with van der Waals surface area (Å²) < 4.78 is 17.2. The van der Waals surface area contributed by atoms with Crippen molar-refractivity contribution in [2.24, 2.45) is 5.92 Å². The highest BCUT2D eigenvalue weighted by Gasteiger charge is 2.30. The Kier molecular flexibility index (Phi) is 6.06. The molecule has 1 aromatic heterocycles. The Hall–Kier alpha value is -1.47. The van der Waals surface area contributed by atoms with Gasteiger partial charge in [-0.3, -0.25) is 4.79 Å². The van der Waals surface area contributed by atoms with Gasteiger partial charge in [-0.2, -0.15) is 0 Å². The number of rotatable bonds is 5. The smallest absolute Gasteiger partial charge is 0.248 e. The average Bonchev–Trinajstić information content (AvgIpc) is 3.10. The van der Waals surface area contributed by atoms with Gasteiger partial charge in [-0.05, 0) is 18.8 Å². The van der Waals surface area contributed by atoms with Crippen LogP contribution < -0.4 is 0 Å². The molecule has 0 N–H and O–H groups in total. The van der Waals surface area contributed by atoms with E-state index in [0.717, 1.165) is 12.8 Å². The van der Waals surface area contributed by atoms with E-state index in [1.54, 1.807) is 4.90 Å². The van der Waals surface area contributed by atoms with Crippen LogP contribution in [0.1, 0.15) is 70.3 Å². The first-order chi connectivity index (χ1) is 12.0. The SMILES string of the molecule is CC(C)c1nnc([C@H]2CN(C(=O)CO[C@H]3CCC[C@@H](C)C3)CCO2)o1. The molecule has 1 aliphatic carbocycles. The fourth-order valence-corrected chi connectivity index (χ4v) is 3.45. The molecule has 7 nitrogen and oxygen atoms in total. The zero-order chi connectivity index (χ0) is 17.8. The number of hydrogen-bond acceptors (Lipinski definition) is 6. The van der Waals surface area contributed by atoms with E-state index in [2.05, 4.69) is 17.1 Å². The first-order valence-electron chi connectivity index (χ1n) is 9.37. The monoisotopic (exact) mass is 351 g/mol. The summed E-state index contributed by atoms with van der Waals surface area (Å²) in [5.41, 5.74) is 0. The van der Waals surface area contributed by atoms with Crippen LogP contribution in [0, 0.1) is 5.92 Å². The Morgan fingerprint density at radius 3 is 2.92 bits per heavy atom. The number of amides is 1. The van der Waals surface area contributed by atoms with Crippen LogP contribution in [0.4, 0.5) is 0 Å². The molecule has 0 aromatic carbocycles. The molecule has 0 bridgehead atoms. The van der Waals surface area contributed by atoms with Crippen LogP contribution in [0.15, 0.2) is 4.42 Å². The first-order valence-corrected chi connectivity index (χ1v) is 9.37. The van der Waals surface area contributed by atoms with E-state index in [1.807, 2.05) is 13.8 Å². The minimum atomic E-state index is -0.354. The molecule has 1 aromatic rings. The zero-order valence-corrected chi connectivity index (χ0v) is 15.4. The molecule has 7 heteroatoms. The molecule has 1 amide bonds. The minimum Gasteiger partial charge on any atom is -0.422 e. The van der Waals surface area contributed by atoms with Gasteiger partial charge in [0.05, 0.1) is 19.3 Å². The lowest BCUT2D eigenvalue weighted by molar-refractivity contribution is -0.147. The van der Waals surface area contributed by atoms with Gasteiger partial charge in [-0.1, -0.05) is 33.6 Å². The van der Waals surface area contributed by atoms with Crippen LogP contribution in [0.5, 0.6) is 0 Å². The van der Waals surface area contributed by atoms with Crippen molar-refractivity contribution in [3.63, 3.8) is 0 Å². The second-order valence-corrected chi connectivity index (χ2v) is 7.54. The summed E-state index contributed by atoms with van der Waals surface area (Å²) >= 11 is 0. The van der Waals surface area contributed by atoms with Crippen molar-refractivity contribution in [3.8, 4) is 0 Å². The summed E-state index contributed by atoms with van der Waals surface area (Å²) in [5, 5.41) is 8.11. The van der Waals surface area contributed by atoms with Crippen LogP contribution in [0.3, 0.4) is 0 Å². The number of carbonyl (C=O) groups excluding carboxylic acids is 1. The molecule has 0 spiro atoms. The van der Waals surface area contributed by atoms with Gasteiger partial charge < -0.3 is 18.8 Å². The largest absolute Gasteiger partial charge is 0.422 e. The fraction of sp³-hybridized carbons (Fsp3) is 0.833. The van der Waals surface area contributed by atoms with Crippen LogP contribution in [-0.2, 0) is 14.3 Å². The van der Waals surface area contributed by atoms with Gasteiger partial charge in [0.1, 0.15) is 6.61 Å². The third kappa shape index (κ3) is 4.79. The number of nitrogens with zero attached hydrogens (tertiary/aromatic N) is 3. The predicted octanol–water partition coefficient (Wildman–Crippen LogP) is 2.69. The lowest BCUT2D eigenvalue weighted by Crippen LogP contribution is -2.44. The Morgan fingerprint density at radius 1 is 1.36 bits per heavy atom. The molecule has 2 aliphatic rings. The van der Waals surface area contributed by atoms with E-state index in [0.29, 0.717) is 37.4 Å². The average molecular weight is 351 g/mol. The maximum Gasteiger partial charge on any atom is 0.248 e. The van der Waals surface area contributed by atoms with Crippen LogP contribution in [0.2, 0.25) is 0 Å². The fourth-order valence-electron chi connectivity index (χ4n) is 3.45. The minimum absolute atomic E-state index is 0.00937. The molecule has 3 rings (SSSR count). The summed E-state index contributed by atoms with van der Waals surface area (Å²) in [7, 11) is 0. The van der Waals surface area contributed by atoms with E-state index in [-0.39, 0.29) is 30.6 Å². The summed E-state index contributed by atoms with van der Waals surface area (Å²) in [6.45, 7) is 7.87. The van der Waals surface area contributed by atoms with Crippen molar-refractivity contribution in [2.75, 3.05) is 26.3 Å². The topological polar surface area (TPSA) is 77.7 Å². The quantitative estimate of drug-likeness (QED) is 0.812. The van der Waals surface area contributed by atoms with E-state index < -0.39 is 0 Å². The second kappa shape index (κ2) is 8.27. The Morgan fingerprint density at radius 2 is 2.20 bits per heavy atom. The molecule has 3 atom stereocenters. The zero-order valence-electron chi connectivity index (χ0n) is 15.4. The first kappa shape index (κ1) is 18.3. The summed E-state index contributed by atoms with van der Waals surface area (Å²) in [6, 6.07) is 0. The van der Waals surface area contributed by atoms with Crippen molar-refractivity contribution in [3.05, 3.63) is 11.8 Å². The van der Waals surface area contributed by atoms with Crippen molar-refractivity contribution in [1.29, 1.82) is 0 Å². The number of ether oxygens (including phenoxy) is 2. The predicted molar refractivity (Wildman–Crippen MR) is 91.0 cm³/mol. The standard InChI is InChI=1S/C18H29N3O4/c1-12(2)17-19-20-18(25-17)15-10-21(7-8-23-15)16(22)11-24-14-6-4-5-13(3)9-14/h12-15H,4-11H2,1-3H3/t13-,14+,15-/m1/s1.